The minimum atomic E-state index is -0.818. The quantitative estimate of drug-likeness (QED) is 0.406. The van der Waals surface area contributed by atoms with Gasteiger partial charge in [0, 0.05) is 30.1 Å². The molecule has 186 valence electrons. The highest BCUT2D eigenvalue weighted by molar-refractivity contribution is 6.31. The van der Waals surface area contributed by atoms with Gasteiger partial charge in [-0.1, -0.05) is 11.6 Å². The number of carbonyl (C=O) groups excluding carboxylic acids is 1. The van der Waals surface area contributed by atoms with Crippen LogP contribution in [-0.4, -0.2) is 71.9 Å². The molecular weight excluding hydrogens is 477 g/mol. The molecule has 1 aliphatic rings. The summed E-state index contributed by atoms with van der Waals surface area (Å²) in [6.07, 6.45) is 1.08. The summed E-state index contributed by atoms with van der Waals surface area (Å²) < 4.78 is 25.1. The van der Waals surface area contributed by atoms with Crippen LogP contribution in [-0.2, 0) is 9.53 Å². The van der Waals surface area contributed by atoms with Crippen molar-refractivity contribution in [1.82, 2.24) is 14.9 Å². The van der Waals surface area contributed by atoms with Crippen LogP contribution in [0.15, 0.2) is 36.7 Å². The van der Waals surface area contributed by atoms with Gasteiger partial charge in [-0.25, -0.2) is 14.4 Å². The number of anilines is 3. The number of rotatable bonds is 9. The summed E-state index contributed by atoms with van der Waals surface area (Å²) in [5, 5.41) is 16.7. The van der Waals surface area contributed by atoms with Gasteiger partial charge in [-0.05, 0) is 38.4 Å². The third-order valence-electron chi connectivity index (χ3n) is 5.37. The van der Waals surface area contributed by atoms with Crippen LogP contribution in [0.3, 0.4) is 0 Å². The van der Waals surface area contributed by atoms with E-state index in [1.54, 1.807) is 23.1 Å². The molecule has 2 heterocycles. The van der Waals surface area contributed by atoms with E-state index in [-0.39, 0.29) is 23.5 Å². The molecule has 1 aromatic heterocycles. The Hall–Kier alpha value is -3.05. The van der Waals surface area contributed by atoms with Crippen molar-refractivity contribution in [2.24, 2.45) is 0 Å². The molecule has 0 radical (unpaired) electrons. The van der Waals surface area contributed by atoms with Crippen LogP contribution in [0.4, 0.5) is 21.6 Å². The lowest BCUT2D eigenvalue weighted by molar-refractivity contribution is -0.118. The molecule has 0 saturated carbocycles. The standard InChI is InChI=1S/C24H27ClFN5O4/c1-31(2)11-15(32)8-23(33)30-21-9-17-20(10-22(21)35-16-5-6-34-12-16)27-13-28-24(17)29-14-3-4-19(26)18(25)7-14/h3-4,7,9-10,13,15-16,32H,5-6,8,11-12H2,1-2H3,(H,30,33)(H,27,28,29)/t15?,16-/m1/s1. The highest BCUT2D eigenvalue weighted by atomic mass is 35.5. The van der Waals surface area contributed by atoms with Crippen LogP contribution >= 0.6 is 11.6 Å². The minimum absolute atomic E-state index is 0.0212. The molecule has 1 saturated heterocycles. The number of aliphatic hydroxyl groups is 1. The van der Waals surface area contributed by atoms with Crippen molar-refractivity contribution in [2.45, 2.75) is 25.0 Å². The van der Waals surface area contributed by atoms with Gasteiger partial charge in [0.15, 0.2) is 0 Å². The maximum Gasteiger partial charge on any atom is 0.227 e. The van der Waals surface area contributed by atoms with E-state index in [1.807, 2.05) is 14.1 Å². The second kappa shape index (κ2) is 11.1. The summed E-state index contributed by atoms with van der Waals surface area (Å²) in [6, 6.07) is 7.70. The largest absolute Gasteiger partial charge is 0.486 e. The number of hydrogen-bond acceptors (Lipinski definition) is 8. The van der Waals surface area contributed by atoms with Crippen LogP contribution in [0.5, 0.6) is 5.75 Å². The van der Waals surface area contributed by atoms with E-state index in [9.17, 15) is 14.3 Å². The van der Waals surface area contributed by atoms with Crippen LogP contribution < -0.4 is 15.4 Å². The van der Waals surface area contributed by atoms with Gasteiger partial charge in [-0.2, -0.15) is 0 Å². The van der Waals surface area contributed by atoms with Gasteiger partial charge in [0.25, 0.3) is 0 Å². The molecule has 11 heteroatoms. The predicted molar refractivity (Wildman–Crippen MR) is 132 cm³/mol. The zero-order chi connectivity index (χ0) is 24.9. The first kappa shape index (κ1) is 25.1. The van der Waals surface area contributed by atoms with Gasteiger partial charge in [-0.3, -0.25) is 4.79 Å². The molecule has 3 aromatic rings. The van der Waals surface area contributed by atoms with Gasteiger partial charge in [-0.15, -0.1) is 0 Å². The molecule has 9 nitrogen and oxygen atoms in total. The Balaban J connectivity index is 1.66. The fourth-order valence-electron chi connectivity index (χ4n) is 3.78. The Kier molecular flexibility index (Phi) is 7.97. The number of amides is 1. The monoisotopic (exact) mass is 503 g/mol. The molecule has 3 N–H and O–H groups in total. The Morgan fingerprint density at radius 1 is 1.34 bits per heavy atom. The van der Waals surface area contributed by atoms with Crippen molar-refractivity contribution < 1.29 is 23.8 Å². The summed E-state index contributed by atoms with van der Waals surface area (Å²) in [6.45, 7) is 1.41. The molecule has 1 aliphatic heterocycles. The first-order valence-corrected chi connectivity index (χ1v) is 11.5. The summed E-state index contributed by atoms with van der Waals surface area (Å²) in [4.78, 5) is 23.2. The average Bonchev–Trinajstić information content (AvgIpc) is 3.29. The number of benzene rings is 2. The Morgan fingerprint density at radius 3 is 2.89 bits per heavy atom. The number of halogens is 2. The molecule has 0 aliphatic carbocycles. The first-order valence-electron chi connectivity index (χ1n) is 11.2. The number of ether oxygens (including phenoxy) is 2. The summed E-state index contributed by atoms with van der Waals surface area (Å²) in [7, 11) is 3.64. The van der Waals surface area contributed by atoms with Gasteiger partial charge in [0.2, 0.25) is 5.91 Å². The lowest BCUT2D eigenvalue weighted by atomic mass is 10.1. The second-order valence-electron chi connectivity index (χ2n) is 8.61. The number of nitrogens with one attached hydrogen (secondary N) is 2. The summed E-state index contributed by atoms with van der Waals surface area (Å²) in [5.41, 5.74) is 1.54. The van der Waals surface area contributed by atoms with Gasteiger partial charge in [0.1, 0.15) is 29.8 Å². The first-order chi connectivity index (χ1) is 16.8. The Bertz CT molecular complexity index is 1210. The molecule has 2 aromatic carbocycles. The molecule has 1 fully saturated rings. The van der Waals surface area contributed by atoms with Crippen molar-refractivity contribution in [1.29, 1.82) is 0 Å². The van der Waals surface area contributed by atoms with Crippen molar-refractivity contribution in [3.05, 3.63) is 47.5 Å². The molecule has 1 amide bonds. The molecule has 2 atom stereocenters. The van der Waals surface area contributed by atoms with Gasteiger partial charge >= 0.3 is 0 Å². The zero-order valence-electron chi connectivity index (χ0n) is 19.4. The lowest BCUT2D eigenvalue weighted by Gasteiger charge is -2.19. The fraction of sp³-hybridized carbons (Fsp3) is 0.375. The Labute approximate surface area is 207 Å². The van der Waals surface area contributed by atoms with Crippen molar-refractivity contribution in [3.8, 4) is 5.75 Å². The number of carbonyl (C=O) groups is 1. The van der Waals surface area contributed by atoms with Crippen LogP contribution in [0.1, 0.15) is 12.8 Å². The van der Waals surface area contributed by atoms with Crippen LogP contribution in [0.25, 0.3) is 10.9 Å². The van der Waals surface area contributed by atoms with Gasteiger partial charge in [0.05, 0.1) is 42.0 Å². The van der Waals surface area contributed by atoms with Crippen molar-refractivity contribution >= 4 is 45.6 Å². The molecule has 0 spiro atoms. The number of likely N-dealkylation sites (N-methyl/N-ethyl adjacent to an activating group) is 1. The molecule has 0 bridgehead atoms. The van der Waals surface area contributed by atoms with Crippen molar-refractivity contribution in [2.75, 3.05) is 44.5 Å². The predicted octanol–water partition coefficient (Wildman–Crippen LogP) is 3.58. The smallest absolute Gasteiger partial charge is 0.227 e. The topological polar surface area (TPSA) is 109 Å². The number of aromatic nitrogens is 2. The van der Waals surface area contributed by atoms with Crippen LogP contribution in [0, 0.1) is 5.82 Å². The number of fused-ring (bicyclic) bond motifs is 1. The molecule has 35 heavy (non-hydrogen) atoms. The minimum Gasteiger partial charge on any atom is -0.486 e. The molecule has 1 unspecified atom stereocenters. The second-order valence-corrected chi connectivity index (χ2v) is 9.02. The van der Waals surface area contributed by atoms with E-state index >= 15 is 0 Å². The lowest BCUT2D eigenvalue weighted by Crippen LogP contribution is -2.30. The van der Waals surface area contributed by atoms with Crippen molar-refractivity contribution in [3.63, 3.8) is 0 Å². The van der Waals surface area contributed by atoms with E-state index in [2.05, 4.69) is 20.6 Å². The average molecular weight is 504 g/mol. The van der Waals surface area contributed by atoms with E-state index < -0.39 is 11.9 Å². The van der Waals surface area contributed by atoms with E-state index in [0.29, 0.717) is 53.6 Å². The maximum atomic E-state index is 13.6. The Morgan fingerprint density at radius 2 is 2.17 bits per heavy atom. The van der Waals surface area contributed by atoms with Gasteiger partial charge < -0.3 is 30.1 Å². The number of hydrogen-bond donors (Lipinski definition) is 3. The highest BCUT2D eigenvalue weighted by Crippen LogP contribution is 2.35. The third kappa shape index (κ3) is 6.55. The van der Waals surface area contributed by atoms with E-state index in [4.69, 9.17) is 21.1 Å². The fourth-order valence-corrected chi connectivity index (χ4v) is 3.96. The SMILES string of the molecule is CN(C)CC(O)CC(=O)Nc1cc2c(Nc3ccc(F)c(Cl)c3)ncnc2cc1O[C@@H]1CCOC1. The zero-order valence-corrected chi connectivity index (χ0v) is 20.2. The summed E-state index contributed by atoms with van der Waals surface area (Å²) >= 11 is 5.91. The normalized spacial score (nSPS) is 16.5. The van der Waals surface area contributed by atoms with E-state index in [0.717, 1.165) is 6.42 Å². The summed E-state index contributed by atoms with van der Waals surface area (Å²) in [5.74, 6) is 0.00119. The third-order valence-corrected chi connectivity index (χ3v) is 5.66. The molecule has 4 rings (SSSR count). The number of aliphatic hydroxyl groups excluding tert-OH is 1. The maximum absolute atomic E-state index is 13.6. The highest BCUT2D eigenvalue weighted by Gasteiger charge is 2.22. The molecular formula is C24H27ClFN5O4. The van der Waals surface area contributed by atoms with E-state index in [1.165, 1.54) is 18.5 Å². The van der Waals surface area contributed by atoms with Crippen LogP contribution in [0.2, 0.25) is 5.02 Å². The number of nitrogens with zero attached hydrogens (tertiary/aromatic N) is 3.